The Labute approximate surface area is 113 Å². The number of carbonyl (C=O) groups is 2. The average molecular weight is 273 g/mol. The van der Waals surface area contributed by atoms with Crippen LogP contribution in [0, 0.1) is 0 Å². The van der Waals surface area contributed by atoms with Crippen molar-refractivity contribution in [3.05, 3.63) is 41.7 Å². The Morgan fingerprint density at radius 2 is 2.20 bits per heavy atom. The number of hydrogen-bond donors (Lipinski definition) is 2. The average Bonchev–Trinajstić information content (AvgIpc) is 2.99. The van der Waals surface area contributed by atoms with Crippen molar-refractivity contribution in [3.8, 4) is 5.75 Å². The topological polar surface area (TPSA) is 95.5 Å². The number of anilines is 1. The zero-order valence-electron chi connectivity index (χ0n) is 10.4. The molecule has 0 bridgehead atoms. The highest BCUT2D eigenvalue weighted by atomic mass is 16.5. The van der Waals surface area contributed by atoms with E-state index >= 15 is 0 Å². The summed E-state index contributed by atoms with van der Waals surface area (Å²) in [6.07, 6.45) is 1.49. The van der Waals surface area contributed by atoms with Gasteiger partial charge in [0.25, 0.3) is 5.91 Å². The number of nitrogens with zero attached hydrogens (tertiary/aromatic N) is 2. The maximum atomic E-state index is 12.4. The Balaban J connectivity index is 2.05. The molecule has 1 amide bonds. The molecule has 0 unspecified atom stereocenters. The monoisotopic (exact) mass is 273 g/mol. The van der Waals surface area contributed by atoms with Crippen molar-refractivity contribution in [2.24, 2.45) is 0 Å². The van der Waals surface area contributed by atoms with Crippen molar-refractivity contribution >= 4 is 17.6 Å². The number of aromatic amines is 1. The van der Waals surface area contributed by atoms with Crippen LogP contribution in [0.15, 0.2) is 30.5 Å². The van der Waals surface area contributed by atoms with Crippen molar-refractivity contribution in [2.75, 3.05) is 18.1 Å². The molecule has 0 saturated heterocycles. The second-order valence-corrected chi connectivity index (χ2v) is 4.23. The van der Waals surface area contributed by atoms with Crippen LogP contribution in [0.1, 0.15) is 20.8 Å². The molecule has 2 N–H and O–H groups in total. The Morgan fingerprint density at radius 1 is 1.35 bits per heavy atom. The minimum absolute atomic E-state index is 0.0459. The van der Waals surface area contributed by atoms with E-state index in [9.17, 15) is 9.59 Å². The molecule has 0 atom stereocenters. The summed E-state index contributed by atoms with van der Waals surface area (Å²) in [5.41, 5.74) is 0.846. The molecule has 2 heterocycles. The standard InChI is InChI=1S/C13H11N3O4/c17-12(9-4-5-14-15-9)16-6-7-20-11-8(13(18)19)2-1-3-10(11)16/h1-5H,6-7H2,(H,14,15)(H,18,19). The molecule has 1 aliphatic heterocycles. The Morgan fingerprint density at radius 3 is 2.90 bits per heavy atom. The van der Waals surface area contributed by atoms with Crippen LogP contribution in [0.3, 0.4) is 0 Å². The number of aromatic nitrogens is 2. The van der Waals surface area contributed by atoms with Gasteiger partial charge in [-0.2, -0.15) is 5.10 Å². The van der Waals surface area contributed by atoms with Crippen LogP contribution in [0.25, 0.3) is 0 Å². The third kappa shape index (κ3) is 1.89. The number of amides is 1. The van der Waals surface area contributed by atoms with E-state index in [1.54, 1.807) is 18.2 Å². The van der Waals surface area contributed by atoms with E-state index in [4.69, 9.17) is 9.84 Å². The number of hydrogen-bond acceptors (Lipinski definition) is 4. The molecule has 1 aromatic carbocycles. The summed E-state index contributed by atoms with van der Waals surface area (Å²) in [5.74, 6) is -1.13. The normalized spacial score (nSPS) is 13.5. The van der Waals surface area contributed by atoms with Crippen molar-refractivity contribution in [1.29, 1.82) is 0 Å². The maximum absolute atomic E-state index is 12.4. The number of benzene rings is 1. The van der Waals surface area contributed by atoms with Gasteiger partial charge in [0.2, 0.25) is 0 Å². The highest BCUT2D eigenvalue weighted by molar-refractivity contribution is 6.07. The molecule has 102 valence electrons. The summed E-state index contributed by atoms with van der Waals surface area (Å²) < 4.78 is 5.41. The van der Waals surface area contributed by atoms with Crippen molar-refractivity contribution in [2.45, 2.75) is 0 Å². The van der Waals surface area contributed by atoms with Crippen LogP contribution in [0.2, 0.25) is 0 Å². The predicted molar refractivity (Wildman–Crippen MR) is 69.2 cm³/mol. The lowest BCUT2D eigenvalue weighted by molar-refractivity contribution is 0.0690. The number of para-hydroxylation sites is 1. The van der Waals surface area contributed by atoms with E-state index < -0.39 is 5.97 Å². The van der Waals surface area contributed by atoms with Crippen LogP contribution in [-0.4, -0.2) is 40.3 Å². The van der Waals surface area contributed by atoms with Crippen molar-refractivity contribution < 1.29 is 19.4 Å². The summed E-state index contributed by atoms with van der Waals surface area (Å²) in [5, 5.41) is 15.5. The van der Waals surface area contributed by atoms with Crippen molar-refractivity contribution in [1.82, 2.24) is 10.2 Å². The number of carboxylic acid groups (broad SMARTS) is 1. The Bertz CT molecular complexity index is 666. The predicted octanol–water partition coefficient (Wildman–Crippen LogP) is 1.15. The van der Waals surface area contributed by atoms with Crippen LogP contribution in [0.5, 0.6) is 5.75 Å². The maximum Gasteiger partial charge on any atom is 0.339 e. The van der Waals surface area contributed by atoms with Gasteiger partial charge in [0.1, 0.15) is 17.9 Å². The number of nitrogens with one attached hydrogen (secondary N) is 1. The molecule has 0 saturated carbocycles. The second kappa shape index (κ2) is 4.69. The smallest absolute Gasteiger partial charge is 0.339 e. The first kappa shape index (κ1) is 12.2. The van der Waals surface area contributed by atoms with Gasteiger partial charge < -0.3 is 14.7 Å². The molecule has 2 aromatic rings. The van der Waals surface area contributed by atoms with Crippen molar-refractivity contribution in [3.63, 3.8) is 0 Å². The summed E-state index contributed by atoms with van der Waals surface area (Å²) in [4.78, 5) is 25.0. The summed E-state index contributed by atoms with van der Waals surface area (Å²) in [7, 11) is 0. The minimum atomic E-state index is -1.09. The zero-order chi connectivity index (χ0) is 14.1. The molecule has 1 aliphatic rings. The summed E-state index contributed by atoms with van der Waals surface area (Å²) in [6.45, 7) is 0.602. The van der Waals surface area contributed by atoms with E-state index in [1.807, 2.05) is 0 Å². The van der Waals surface area contributed by atoms with Gasteiger partial charge >= 0.3 is 5.97 Å². The fourth-order valence-electron chi connectivity index (χ4n) is 2.15. The van der Waals surface area contributed by atoms with Gasteiger partial charge in [0.05, 0.1) is 12.2 Å². The second-order valence-electron chi connectivity index (χ2n) is 4.23. The molecule has 0 fully saturated rings. The Hall–Kier alpha value is -2.83. The van der Waals surface area contributed by atoms with Crippen LogP contribution < -0.4 is 9.64 Å². The largest absolute Gasteiger partial charge is 0.489 e. The molecular formula is C13H11N3O4. The minimum Gasteiger partial charge on any atom is -0.489 e. The number of H-pyrrole nitrogens is 1. The molecule has 0 aliphatic carbocycles. The molecule has 7 nitrogen and oxygen atoms in total. The molecule has 1 aromatic heterocycles. The Kier molecular flexibility index (Phi) is 2.86. The van der Waals surface area contributed by atoms with E-state index in [0.717, 1.165) is 0 Å². The van der Waals surface area contributed by atoms with E-state index in [-0.39, 0.29) is 23.8 Å². The lowest BCUT2D eigenvalue weighted by atomic mass is 10.1. The van der Waals surface area contributed by atoms with Crippen LogP contribution in [0.4, 0.5) is 5.69 Å². The SMILES string of the molecule is O=C(O)c1cccc2c1OCCN2C(=O)c1ccn[nH]1. The highest BCUT2D eigenvalue weighted by Crippen LogP contribution is 2.35. The van der Waals surface area contributed by atoms with Gasteiger partial charge in [-0.05, 0) is 18.2 Å². The third-order valence-electron chi connectivity index (χ3n) is 3.05. The molecular weight excluding hydrogens is 262 g/mol. The number of rotatable bonds is 2. The number of carbonyl (C=O) groups excluding carboxylic acids is 1. The number of aromatic carboxylic acids is 1. The molecule has 0 spiro atoms. The quantitative estimate of drug-likeness (QED) is 0.855. The first-order chi connectivity index (χ1) is 9.68. The first-order valence-corrected chi connectivity index (χ1v) is 5.99. The number of fused-ring (bicyclic) bond motifs is 1. The van der Waals surface area contributed by atoms with E-state index in [0.29, 0.717) is 17.9 Å². The summed E-state index contributed by atoms with van der Waals surface area (Å²) >= 11 is 0. The first-order valence-electron chi connectivity index (χ1n) is 5.99. The fourth-order valence-corrected chi connectivity index (χ4v) is 2.15. The number of carboxylic acids is 1. The van der Waals surface area contributed by atoms with Gasteiger partial charge in [-0.3, -0.25) is 9.89 Å². The number of ether oxygens (including phenoxy) is 1. The van der Waals surface area contributed by atoms with Gasteiger partial charge in [0, 0.05) is 6.20 Å². The van der Waals surface area contributed by atoms with E-state index in [1.165, 1.54) is 17.2 Å². The lowest BCUT2D eigenvalue weighted by Crippen LogP contribution is -2.38. The molecule has 7 heteroatoms. The zero-order valence-corrected chi connectivity index (χ0v) is 10.4. The van der Waals surface area contributed by atoms with Crippen LogP contribution in [-0.2, 0) is 0 Å². The van der Waals surface area contributed by atoms with Gasteiger partial charge in [-0.25, -0.2) is 4.79 Å². The highest BCUT2D eigenvalue weighted by Gasteiger charge is 2.28. The van der Waals surface area contributed by atoms with E-state index in [2.05, 4.69) is 10.2 Å². The molecule has 20 heavy (non-hydrogen) atoms. The van der Waals surface area contributed by atoms with Gasteiger partial charge in [-0.1, -0.05) is 6.07 Å². The summed E-state index contributed by atoms with van der Waals surface area (Å²) in [6, 6.07) is 6.27. The third-order valence-corrected chi connectivity index (χ3v) is 3.05. The molecule has 3 rings (SSSR count). The molecule has 0 radical (unpaired) electrons. The van der Waals surface area contributed by atoms with Gasteiger partial charge in [0.15, 0.2) is 5.75 Å². The van der Waals surface area contributed by atoms with Gasteiger partial charge in [-0.15, -0.1) is 0 Å². The van der Waals surface area contributed by atoms with Crippen LogP contribution >= 0.6 is 0 Å². The fraction of sp³-hybridized carbons (Fsp3) is 0.154. The lowest BCUT2D eigenvalue weighted by Gasteiger charge is -2.29.